The van der Waals surface area contributed by atoms with Gasteiger partial charge in [-0.25, -0.2) is 9.18 Å². The molecular formula is C19H21FN2O3S. The number of halogens is 1. The van der Waals surface area contributed by atoms with E-state index in [1.807, 2.05) is 18.4 Å². The number of nitrogens with one attached hydrogen (secondary N) is 2. The van der Waals surface area contributed by atoms with Gasteiger partial charge in [-0.15, -0.1) is 11.3 Å². The summed E-state index contributed by atoms with van der Waals surface area (Å²) in [6.07, 6.45) is 2.29. The van der Waals surface area contributed by atoms with Crippen LogP contribution in [0.25, 0.3) is 0 Å². The number of hydrogen-bond acceptors (Lipinski definition) is 4. The predicted octanol–water partition coefficient (Wildman–Crippen LogP) is 4.49. The molecule has 0 unspecified atom stereocenters. The first-order valence-electron chi connectivity index (χ1n) is 8.59. The van der Waals surface area contributed by atoms with E-state index in [-0.39, 0.29) is 23.9 Å². The zero-order valence-electron chi connectivity index (χ0n) is 14.5. The third-order valence-electron chi connectivity index (χ3n) is 4.28. The standard InChI is InChI=1S/C19H21FN2O3S/c1-12-9-17(26-11-12)18(23)21-15-3-2-4-16(10-15)25-19(24)22-14-7-5-13(20)6-8-14/h5-9,11,15-16H,2-4,10H2,1H3,(H,21,23)(H,22,24)/t15-,16-/m0/s1. The quantitative estimate of drug-likeness (QED) is 0.826. The van der Waals surface area contributed by atoms with Gasteiger partial charge in [0.25, 0.3) is 5.91 Å². The summed E-state index contributed by atoms with van der Waals surface area (Å²) in [5.41, 5.74) is 1.55. The Hall–Kier alpha value is -2.41. The molecule has 0 bridgehead atoms. The van der Waals surface area contributed by atoms with Gasteiger partial charge in [0, 0.05) is 18.2 Å². The van der Waals surface area contributed by atoms with E-state index in [0.717, 1.165) is 24.8 Å². The van der Waals surface area contributed by atoms with Crippen LogP contribution in [0.5, 0.6) is 0 Å². The Balaban J connectivity index is 1.49. The van der Waals surface area contributed by atoms with Gasteiger partial charge < -0.3 is 10.1 Å². The maximum absolute atomic E-state index is 12.9. The second-order valence-corrected chi connectivity index (χ2v) is 7.40. The maximum atomic E-state index is 12.9. The van der Waals surface area contributed by atoms with Crippen molar-refractivity contribution in [1.29, 1.82) is 0 Å². The number of rotatable bonds is 4. The van der Waals surface area contributed by atoms with E-state index < -0.39 is 6.09 Å². The van der Waals surface area contributed by atoms with Gasteiger partial charge in [-0.05, 0) is 67.5 Å². The van der Waals surface area contributed by atoms with Crippen LogP contribution in [0.15, 0.2) is 35.7 Å². The Morgan fingerprint density at radius 1 is 1.23 bits per heavy atom. The number of carbonyl (C=O) groups excluding carboxylic acids is 2. The number of anilines is 1. The molecule has 2 aromatic rings. The van der Waals surface area contributed by atoms with E-state index in [1.165, 1.54) is 35.6 Å². The van der Waals surface area contributed by atoms with Crippen molar-refractivity contribution in [3.05, 3.63) is 52.0 Å². The molecule has 0 radical (unpaired) electrons. The van der Waals surface area contributed by atoms with E-state index in [2.05, 4.69) is 10.6 Å². The minimum atomic E-state index is -0.567. The smallest absolute Gasteiger partial charge is 0.411 e. The molecule has 1 aromatic heterocycles. The highest BCUT2D eigenvalue weighted by molar-refractivity contribution is 7.12. The number of aryl methyl sites for hydroxylation is 1. The number of thiophene rings is 1. The topological polar surface area (TPSA) is 67.4 Å². The van der Waals surface area contributed by atoms with Crippen molar-refractivity contribution >= 4 is 29.0 Å². The molecule has 1 saturated carbocycles. The third kappa shape index (κ3) is 5.05. The summed E-state index contributed by atoms with van der Waals surface area (Å²) in [4.78, 5) is 25.0. The van der Waals surface area contributed by atoms with Crippen molar-refractivity contribution in [3.8, 4) is 0 Å². The molecule has 2 amide bonds. The number of benzene rings is 1. The molecule has 26 heavy (non-hydrogen) atoms. The Labute approximate surface area is 155 Å². The summed E-state index contributed by atoms with van der Waals surface area (Å²) in [5.74, 6) is -0.444. The molecule has 5 nitrogen and oxygen atoms in total. The van der Waals surface area contributed by atoms with E-state index in [1.54, 1.807) is 0 Å². The number of ether oxygens (including phenoxy) is 1. The van der Waals surface area contributed by atoms with Gasteiger partial charge in [0.2, 0.25) is 0 Å². The first-order chi connectivity index (χ1) is 12.5. The lowest BCUT2D eigenvalue weighted by Crippen LogP contribution is -2.41. The monoisotopic (exact) mass is 376 g/mol. The lowest BCUT2D eigenvalue weighted by Gasteiger charge is -2.29. The van der Waals surface area contributed by atoms with Crippen LogP contribution in [-0.2, 0) is 4.74 Å². The highest BCUT2D eigenvalue weighted by Gasteiger charge is 2.26. The average Bonchev–Trinajstić information content (AvgIpc) is 3.04. The first-order valence-corrected chi connectivity index (χ1v) is 9.47. The minimum Gasteiger partial charge on any atom is -0.446 e. The predicted molar refractivity (Wildman–Crippen MR) is 99.1 cm³/mol. The van der Waals surface area contributed by atoms with Gasteiger partial charge >= 0.3 is 6.09 Å². The molecule has 1 heterocycles. The molecule has 0 aliphatic heterocycles. The highest BCUT2D eigenvalue weighted by atomic mass is 32.1. The summed E-state index contributed by atoms with van der Waals surface area (Å²) in [5, 5.41) is 7.56. The van der Waals surface area contributed by atoms with E-state index in [9.17, 15) is 14.0 Å². The van der Waals surface area contributed by atoms with Crippen LogP contribution in [0, 0.1) is 12.7 Å². The fourth-order valence-corrected chi connectivity index (χ4v) is 3.82. The van der Waals surface area contributed by atoms with Gasteiger partial charge in [0.1, 0.15) is 11.9 Å². The van der Waals surface area contributed by atoms with Crippen LogP contribution in [0.3, 0.4) is 0 Å². The molecule has 138 valence electrons. The lowest BCUT2D eigenvalue weighted by molar-refractivity contribution is 0.0714. The van der Waals surface area contributed by atoms with E-state index in [4.69, 9.17) is 4.74 Å². The van der Waals surface area contributed by atoms with Crippen LogP contribution in [-0.4, -0.2) is 24.1 Å². The van der Waals surface area contributed by atoms with Crippen molar-refractivity contribution in [1.82, 2.24) is 5.32 Å². The second-order valence-electron chi connectivity index (χ2n) is 6.48. The average molecular weight is 376 g/mol. The van der Waals surface area contributed by atoms with E-state index in [0.29, 0.717) is 17.0 Å². The van der Waals surface area contributed by atoms with Crippen molar-refractivity contribution in [2.24, 2.45) is 0 Å². The van der Waals surface area contributed by atoms with Crippen molar-refractivity contribution < 1.29 is 18.7 Å². The fraction of sp³-hybridized carbons (Fsp3) is 0.368. The van der Waals surface area contributed by atoms with Crippen molar-refractivity contribution in [2.45, 2.75) is 44.8 Å². The molecule has 2 N–H and O–H groups in total. The summed E-state index contributed by atoms with van der Waals surface area (Å²) in [6, 6.07) is 7.35. The molecule has 0 spiro atoms. The molecule has 7 heteroatoms. The van der Waals surface area contributed by atoms with Gasteiger partial charge in [0.15, 0.2) is 0 Å². The Morgan fingerprint density at radius 2 is 2.00 bits per heavy atom. The Morgan fingerprint density at radius 3 is 2.69 bits per heavy atom. The number of hydrogen-bond donors (Lipinski definition) is 2. The third-order valence-corrected chi connectivity index (χ3v) is 5.33. The molecule has 2 atom stereocenters. The fourth-order valence-electron chi connectivity index (χ4n) is 3.02. The normalized spacial score (nSPS) is 19.6. The van der Waals surface area contributed by atoms with Gasteiger partial charge in [-0.1, -0.05) is 0 Å². The summed E-state index contributed by atoms with van der Waals surface area (Å²) < 4.78 is 18.3. The Kier molecular flexibility index (Phi) is 5.88. The van der Waals surface area contributed by atoms with Crippen molar-refractivity contribution in [3.63, 3.8) is 0 Å². The number of amides is 2. The largest absolute Gasteiger partial charge is 0.446 e. The number of carbonyl (C=O) groups is 2. The first kappa shape index (κ1) is 18.4. The maximum Gasteiger partial charge on any atom is 0.411 e. The zero-order valence-corrected chi connectivity index (χ0v) is 15.3. The molecular weight excluding hydrogens is 355 g/mol. The SMILES string of the molecule is Cc1csc(C(=O)N[C@H]2CCC[C@H](OC(=O)Nc3ccc(F)cc3)C2)c1. The van der Waals surface area contributed by atoms with Crippen LogP contribution in [0.2, 0.25) is 0 Å². The minimum absolute atomic E-state index is 0.0118. The van der Waals surface area contributed by atoms with E-state index >= 15 is 0 Å². The highest BCUT2D eigenvalue weighted by Crippen LogP contribution is 2.23. The van der Waals surface area contributed by atoms with Crippen LogP contribution in [0.1, 0.15) is 40.9 Å². The lowest BCUT2D eigenvalue weighted by atomic mass is 9.93. The van der Waals surface area contributed by atoms with Crippen LogP contribution < -0.4 is 10.6 Å². The van der Waals surface area contributed by atoms with Crippen molar-refractivity contribution in [2.75, 3.05) is 5.32 Å². The molecule has 1 fully saturated rings. The summed E-state index contributed by atoms with van der Waals surface area (Å²) in [6.45, 7) is 1.96. The van der Waals surface area contributed by atoms with Gasteiger partial charge in [-0.3, -0.25) is 10.1 Å². The molecule has 1 aliphatic rings. The van der Waals surface area contributed by atoms with Crippen LogP contribution in [0.4, 0.5) is 14.9 Å². The second kappa shape index (κ2) is 8.31. The zero-order chi connectivity index (χ0) is 18.5. The molecule has 3 rings (SSSR count). The van der Waals surface area contributed by atoms with Crippen LogP contribution >= 0.6 is 11.3 Å². The van der Waals surface area contributed by atoms with Gasteiger partial charge in [-0.2, -0.15) is 0 Å². The van der Waals surface area contributed by atoms with Gasteiger partial charge in [0.05, 0.1) is 4.88 Å². The molecule has 1 aliphatic carbocycles. The summed E-state index contributed by atoms with van der Waals surface area (Å²) in [7, 11) is 0. The molecule has 1 aromatic carbocycles. The summed E-state index contributed by atoms with van der Waals surface area (Å²) >= 11 is 1.43. The molecule has 0 saturated heterocycles. The Bertz CT molecular complexity index is 775.